The van der Waals surface area contributed by atoms with Crippen LogP contribution in [0.2, 0.25) is 10.0 Å². The van der Waals surface area contributed by atoms with Crippen LogP contribution in [-0.2, 0) is 19.6 Å². The molecule has 3 rings (SSSR count). The number of ether oxygens (including phenoxy) is 2. The van der Waals surface area contributed by atoms with E-state index < -0.39 is 0 Å². The Morgan fingerprint density at radius 2 is 1.72 bits per heavy atom. The molecule has 0 aliphatic heterocycles. The molecular weight excluding hydrogens is 412 g/mol. The molecule has 0 aliphatic carbocycles. The third-order valence-electron chi connectivity index (χ3n) is 4.45. The zero-order valence-electron chi connectivity index (χ0n) is 16.1. The number of rotatable bonds is 9. The zero-order chi connectivity index (χ0) is 20.6. The highest BCUT2D eigenvalue weighted by atomic mass is 35.5. The highest BCUT2D eigenvalue weighted by molar-refractivity contribution is 6.32. The van der Waals surface area contributed by atoms with Crippen molar-refractivity contribution in [3.63, 3.8) is 0 Å². The van der Waals surface area contributed by atoms with Crippen LogP contribution in [0.4, 0.5) is 4.39 Å². The van der Waals surface area contributed by atoms with Crippen LogP contribution < -0.4 is 14.8 Å². The summed E-state index contributed by atoms with van der Waals surface area (Å²) < 4.78 is 25.0. The number of halogens is 3. The summed E-state index contributed by atoms with van der Waals surface area (Å²) in [6.07, 6.45) is 0.895. The smallest absolute Gasteiger partial charge is 0.180 e. The Balaban J connectivity index is 1.58. The van der Waals surface area contributed by atoms with Crippen molar-refractivity contribution in [2.75, 3.05) is 13.7 Å². The normalized spacial score (nSPS) is 10.8. The van der Waals surface area contributed by atoms with Gasteiger partial charge in [-0.3, -0.25) is 0 Å². The number of hydrogen-bond donors (Lipinski definition) is 1. The molecule has 0 spiro atoms. The molecule has 3 aromatic rings. The summed E-state index contributed by atoms with van der Waals surface area (Å²) in [6, 6.07) is 18.0. The first-order valence-electron chi connectivity index (χ1n) is 9.24. The van der Waals surface area contributed by atoms with E-state index in [2.05, 4.69) is 5.32 Å². The van der Waals surface area contributed by atoms with E-state index >= 15 is 0 Å². The third kappa shape index (κ3) is 6.10. The molecule has 29 heavy (non-hydrogen) atoms. The lowest BCUT2D eigenvalue weighted by molar-refractivity contribution is 0.279. The predicted molar refractivity (Wildman–Crippen MR) is 116 cm³/mol. The zero-order valence-corrected chi connectivity index (χ0v) is 17.6. The van der Waals surface area contributed by atoms with E-state index in [1.54, 1.807) is 25.3 Å². The summed E-state index contributed by atoms with van der Waals surface area (Å²) in [4.78, 5) is 0. The van der Waals surface area contributed by atoms with Crippen molar-refractivity contribution in [1.29, 1.82) is 0 Å². The van der Waals surface area contributed by atoms with Crippen molar-refractivity contribution in [3.8, 4) is 11.5 Å². The first-order chi connectivity index (χ1) is 14.1. The molecule has 0 amide bonds. The standard InChI is InChI=1S/C23H22Cl2FNO2/c1-28-22-13-17(14-27-11-10-16-6-8-19(24)9-7-16)12-20(25)23(22)29-15-18-4-2-3-5-21(18)26/h2-9,12-13,27H,10-11,14-15H2,1H3. The van der Waals surface area contributed by atoms with Crippen LogP contribution in [0.1, 0.15) is 16.7 Å². The minimum absolute atomic E-state index is 0.0709. The Kier molecular flexibility index (Phi) is 7.76. The second kappa shape index (κ2) is 10.5. The van der Waals surface area contributed by atoms with Crippen LogP contribution in [0.15, 0.2) is 60.7 Å². The Morgan fingerprint density at radius 3 is 2.45 bits per heavy atom. The Hall–Kier alpha value is -2.27. The van der Waals surface area contributed by atoms with Gasteiger partial charge in [-0.2, -0.15) is 0 Å². The molecule has 6 heteroatoms. The quantitative estimate of drug-likeness (QED) is 0.416. The van der Waals surface area contributed by atoms with Gasteiger partial charge < -0.3 is 14.8 Å². The van der Waals surface area contributed by atoms with Gasteiger partial charge in [0.05, 0.1) is 12.1 Å². The number of methoxy groups -OCH3 is 1. The van der Waals surface area contributed by atoms with Crippen LogP contribution in [0.25, 0.3) is 0 Å². The largest absolute Gasteiger partial charge is 0.493 e. The molecule has 3 aromatic carbocycles. The van der Waals surface area contributed by atoms with E-state index in [1.165, 1.54) is 11.6 Å². The summed E-state index contributed by atoms with van der Waals surface area (Å²) in [5, 5.41) is 4.55. The molecule has 0 bridgehead atoms. The number of nitrogens with one attached hydrogen (secondary N) is 1. The average Bonchev–Trinajstić information content (AvgIpc) is 2.72. The molecule has 0 radical (unpaired) electrons. The second-order valence-electron chi connectivity index (χ2n) is 6.54. The van der Waals surface area contributed by atoms with E-state index in [0.29, 0.717) is 28.6 Å². The third-order valence-corrected chi connectivity index (χ3v) is 4.98. The lowest BCUT2D eigenvalue weighted by Crippen LogP contribution is -2.16. The van der Waals surface area contributed by atoms with Gasteiger partial charge in [0.15, 0.2) is 11.5 Å². The van der Waals surface area contributed by atoms with Crippen molar-refractivity contribution in [3.05, 3.63) is 93.2 Å². The van der Waals surface area contributed by atoms with Crippen molar-refractivity contribution in [2.24, 2.45) is 0 Å². The van der Waals surface area contributed by atoms with Gasteiger partial charge in [-0.15, -0.1) is 0 Å². The molecule has 1 N–H and O–H groups in total. The molecule has 0 saturated heterocycles. The van der Waals surface area contributed by atoms with Gasteiger partial charge in [0.2, 0.25) is 0 Å². The van der Waals surface area contributed by atoms with Gasteiger partial charge in [-0.05, 0) is 54.4 Å². The summed E-state index contributed by atoms with van der Waals surface area (Å²) in [5.74, 6) is 0.606. The average molecular weight is 434 g/mol. The van der Waals surface area contributed by atoms with Gasteiger partial charge in [0.25, 0.3) is 0 Å². The van der Waals surface area contributed by atoms with Crippen molar-refractivity contribution < 1.29 is 13.9 Å². The SMILES string of the molecule is COc1cc(CNCCc2ccc(Cl)cc2)cc(Cl)c1OCc1ccccc1F. The molecule has 0 aliphatic rings. The summed E-state index contributed by atoms with van der Waals surface area (Å²) in [6.45, 7) is 1.52. The van der Waals surface area contributed by atoms with Crippen LogP contribution >= 0.6 is 23.2 Å². The minimum Gasteiger partial charge on any atom is -0.493 e. The van der Waals surface area contributed by atoms with Crippen LogP contribution in [0.3, 0.4) is 0 Å². The minimum atomic E-state index is -0.316. The summed E-state index contributed by atoms with van der Waals surface area (Å²) in [5.41, 5.74) is 2.65. The van der Waals surface area contributed by atoms with Crippen molar-refractivity contribution in [1.82, 2.24) is 5.32 Å². The molecule has 0 aromatic heterocycles. The van der Waals surface area contributed by atoms with E-state index in [0.717, 1.165) is 23.6 Å². The maximum absolute atomic E-state index is 13.8. The van der Waals surface area contributed by atoms with Gasteiger partial charge in [0.1, 0.15) is 12.4 Å². The molecule has 3 nitrogen and oxygen atoms in total. The fraction of sp³-hybridized carbons (Fsp3) is 0.217. The topological polar surface area (TPSA) is 30.5 Å². The van der Waals surface area contributed by atoms with E-state index in [9.17, 15) is 4.39 Å². The fourth-order valence-corrected chi connectivity index (χ4v) is 3.31. The summed E-state index contributed by atoms with van der Waals surface area (Å²) in [7, 11) is 1.55. The number of hydrogen-bond acceptors (Lipinski definition) is 3. The summed E-state index contributed by atoms with van der Waals surface area (Å²) >= 11 is 12.3. The van der Waals surface area contributed by atoms with Gasteiger partial charge in [0, 0.05) is 17.1 Å². The van der Waals surface area contributed by atoms with Crippen molar-refractivity contribution in [2.45, 2.75) is 19.6 Å². The monoisotopic (exact) mass is 433 g/mol. The fourth-order valence-electron chi connectivity index (χ4n) is 2.90. The second-order valence-corrected chi connectivity index (χ2v) is 7.39. The maximum Gasteiger partial charge on any atom is 0.180 e. The molecule has 152 valence electrons. The Morgan fingerprint density at radius 1 is 0.966 bits per heavy atom. The Labute approximate surface area is 180 Å². The van der Waals surface area contributed by atoms with E-state index in [1.807, 2.05) is 36.4 Å². The van der Waals surface area contributed by atoms with Crippen molar-refractivity contribution >= 4 is 23.2 Å². The lowest BCUT2D eigenvalue weighted by Gasteiger charge is -2.15. The van der Waals surface area contributed by atoms with Gasteiger partial charge in [-0.25, -0.2) is 4.39 Å². The van der Waals surface area contributed by atoms with E-state index in [4.69, 9.17) is 32.7 Å². The van der Waals surface area contributed by atoms with Gasteiger partial charge >= 0.3 is 0 Å². The first kappa shape index (κ1) is 21.4. The lowest BCUT2D eigenvalue weighted by atomic mass is 10.1. The molecule has 0 heterocycles. The van der Waals surface area contributed by atoms with Crippen LogP contribution in [0, 0.1) is 5.82 Å². The molecule has 0 saturated carbocycles. The first-order valence-corrected chi connectivity index (χ1v) is 10.00. The van der Waals surface area contributed by atoms with E-state index in [-0.39, 0.29) is 12.4 Å². The molecule has 0 unspecified atom stereocenters. The van der Waals surface area contributed by atoms with Crippen LogP contribution in [-0.4, -0.2) is 13.7 Å². The maximum atomic E-state index is 13.8. The molecular formula is C23H22Cl2FNO2. The molecule has 0 fully saturated rings. The highest BCUT2D eigenvalue weighted by Gasteiger charge is 2.13. The predicted octanol–water partition coefficient (Wildman–Crippen LogP) is 6.05. The van der Waals surface area contributed by atoms with Gasteiger partial charge in [-0.1, -0.05) is 53.5 Å². The molecule has 0 atom stereocenters. The Bertz CT molecular complexity index is 948. The number of benzene rings is 3. The highest BCUT2D eigenvalue weighted by Crippen LogP contribution is 2.37. The van der Waals surface area contributed by atoms with Crippen LogP contribution in [0.5, 0.6) is 11.5 Å².